The molecule has 2 nitrogen and oxygen atoms in total. The van der Waals surface area contributed by atoms with Crippen LogP contribution in [0.15, 0.2) is 10.8 Å². The summed E-state index contributed by atoms with van der Waals surface area (Å²) in [6.07, 6.45) is 1.13. The van der Waals surface area contributed by atoms with Gasteiger partial charge in [-0.25, -0.2) is 9.37 Å². The number of halogens is 2. The fourth-order valence-corrected chi connectivity index (χ4v) is 0.963. The molecule has 0 aliphatic carbocycles. The highest BCUT2D eigenvalue weighted by molar-refractivity contribution is 9.10. The number of nitrogens with two attached hydrogens (primary N) is 1. The average Bonchev–Trinajstić information content (AvgIpc) is 1.93. The molecule has 54 valence electrons. The van der Waals surface area contributed by atoms with Gasteiger partial charge in [0.05, 0.1) is 11.9 Å². The average molecular weight is 205 g/mol. The molecule has 0 atom stereocenters. The molecule has 0 saturated heterocycles. The van der Waals surface area contributed by atoms with Crippen LogP contribution in [0.4, 0.5) is 10.1 Å². The lowest BCUT2D eigenvalue weighted by Crippen LogP contribution is -1.96. The van der Waals surface area contributed by atoms with Gasteiger partial charge in [0, 0.05) is 5.56 Å². The Morgan fingerprint density at radius 2 is 2.30 bits per heavy atom. The van der Waals surface area contributed by atoms with Crippen LogP contribution in [-0.2, 0) is 0 Å². The number of hydrogen-bond donors (Lipinski definition) is 1. The summed E-state index contributed by atoms with van der Waals surface area (Å²) in [7, 11) is 0. The lowest BCUT2D eigenvalue weighted by Gasteiger charge is -2.00. The summed E-state index contributed by atoms with van der Waals surface area (Å²) in [6, 6.07) is 0. The fraction of sp³-hybridized carbons (Fsp3) is 0.167. The monoisotopic (exact) mass is 204 g/mol. The molecule has 0 amide bonds. The van der Waals surface area contributed by atoms with Crippen molar-refractivity contribution in [2.75, 3.05) is 5.73 Å². The van der Waals surface area contributed by atoms with Crippen LogP contribution in [0.5, 0.6) is 0 Å². The van der Waals surface area contributed by atoms with Gasteiger partial charge in [0.25, 0.3) is 0 Å². The van der Waals surface area contributed by atoms with E-state index in [9.17, 15) is 4.39 Å². The quantitative estimate of drug-likeness (QED) is 0.656. The number of aromatic nitrogens is 1. The zero-order valence-electron chi connectivity index (χ0n) is 5.36. The number of anilines is 1. The van der Waals surface area contributed by atoms with E-state index in [0.29, 0.717) is 15.9 Å². The third kappa shape index (κ3) is 1.11. The molecular formula is C6H6BrFN2. The molecule has 2 N–H and O–H groups in total. The first-order chi connectivity index (χ1) is 4.63. The van der Waals surface area contributed by atoms with E-state index < -0.39 is 0 Å². The standard InChI is InChI=1S/C6H6BrFN2/c1-3-4(8)2-10-6(7)5(3)9/h2H,9H2,1H3. The van der Waals surface area contributed by atoms with E-state index in [4.69, 9.17) is 5.73 Å². The third-order valence-electron chi connectivity index (χ3n) is 1.28. The Hall–Kier alpha value is -0.640. The molecule has 1 rings (SSSR count). The Kier molecular flexibility index (Phi) is 1.89. The van der Waals surface area contributed by atoms with Crippen molar-refractivity contribution in [3.8, 4) is 0 Å². The van der Waals surface area contributed by atoms with E-state index in [0.717, 1.165) is 6.20 Å². The van der Waals surface area contributed by atoms with Gasteiger partial charge in [-0.2, -0.15) is 0 Å². The maximum Gasteiger partial charge on any atom is 0.146 e. The van der Waals surface area contributed by atoms with Crippen LogP contribution in [0.25, 0.3) is 0 Å². The molecule has 1 aromatic heterocycles. The second-order valence-corrected chi connectivity index (χ2v) is 2.69. The number of pyridine rings is 1. The first kappa shape index (κ1) is 7.47. The zero-order valence-corrected chi connectivity index (χ0v) is 6.94. The lowest BCUT2D eigenvalue weighted by atomic mass is 10.2. The molecule has 0 fully saturated rings. The summed E-state index contributed by atoms with van der Waals surface area (Å²) in [4.78, 5) is 3.66. The Balaban J connectivity index is 3.34. The van der Waals surface area contributed by atoms with Gasteiger partial charge in [0.2, 0.25) is 0 Å². The van der Waals surface area contributed by atoms with E-state index in [2.05, 4.69) is 20.9 Å². The van der Waals surface area contributed by atoms with Crippen molar-refractivity contribution < 1.29 is 4.39 Å². The molecule has 1 heterocycles. The molecule has 0 aliphatic heterocycles. The van der Waals surface area contributed by atoms with Gasteiger partial charge in [0.1, 0.15) is 10.4 Å². The number of hydrogen-bond acceptors (Lipinski definition) is 2. The highest BCUT2D eigenvalue weighted by atomic mass is 79.9. The van der Waals surface area contributed by atoms with Crippen molar-refractivity contribution in [3.63, 3.8) is 0 Å². The van der Waals surface area contributed by atoms with Gasteiger partial charge in [-0.1, -0.05) is 0 Å². The predicted octanol–water partition coefficient (Wildman–Crippen LogP) is 1.87. The second-order valence-electron chi connectivity index (χ2n) is 1.94. The zero-order chi connectivity index (χ0) is 7.72. The summed E-state index contributed by atoms with van der Waals surface area (Å²) in [6.45, 7) is 1.61. The largest absolute Gasteiger partial charge is 0.396 e. The Morgan fingerprint density at radius 1 is 1.70 bits per heavy atom. The summed E-state index contributed by atoms with van der Waals surface area (Å²) >= 11 is 3.08. The third-order valence-corrected chi connectivity index (χ3v) is 1.91. The van der Waals surface area contributed by atoms with Crippen LogP contribution in [0.2, 0.25) is 0 Å². The molecule has 1 aromatic rings. The molecule has 0 spiro atoms. The van der Waals surface area contributed by atoms with E-state index >= 15 is 0 Å². The molecule has 10 heavy (non-hydrogen) atoms. The fourth-order valence-electron chi connectivity index (χ4n) is 0.563. The Labute approximate surface area is 66.4 Å². The van der Waals surface area contributed by atoms with E-state index in [1.807, 2.05) is 0 Å². The number of rotatable bonds is 0. The van der Waals surface area contributed by atoms with Crippen molar-refractivity contribution in [1.29, 1.82) is 0 Å². The molecule has 0 bridgehead atoms. The molecular weight excluding hydrogens is 199 g/mol. The predicted molar refractivity (Wildman–Crippen MR) is 41.0 cm³/mol. The summed E-state index contributed by atoms with van der Waals surface area (Å²) in [5.41, 5.74) is 6.23. The molecule has 0 unspecified atom stereocenters. The van der Waals surface area contributed by atoms with Gasteiger partial charge in [-0.15, -0.1) is 0 Å². The Morgan fingerprint density at radius 3 is 2.80 bits per heavy atom. The maximum atomic E-state index is 12.6. The highest BCUT2D eigenvalue weighted by Crippen LogP contribution is 2.21. The van der Waals surface area contributed by atoms with Crippen molar-refractivity contribution in [1.82, 2.24) is 4.98 Å². The van der Waals surface area contributed by atoms with Crippen LogP contribution < -0.4 is 5.73 Å². The molecule has 0 radical (unpaired) electrons. The van der Waals surface area contributed by atoms with Crippen molar-refractivity contribution >= 4 is 21.6 Å². The first-order valence-electron chi connectivity index (χ1n) is 2.69. The Bertz CT molecular complexity index is 235. The summed E-state index contributed by atoms with van der Waals surface area (Å²) in [5, 5.41) is 0. The SMILES string of the molecule is Cc1c(F)cnc(Br)c1N. The minimum absolute atomic E-state index is 0.361. The van der Waals surface area contributed by atoms with Crippen molar-refractivity contribution in [2.24, 2.45) is 0 Å². The molecule has 4 heteroatoms. The topological polar surface area (TPSA) is 38.9 Å². The van der Waals surface area contributed by atoms with Gasteiger partial charge >= 0.3 is 0 Å². The lowest BCUT2D eigenvalue weighted by molar-refractivity contribution is 0.612. The second kappa shape index (κ2) is 2.54. The van der Waals surface area contributed by atoms with E-state index in [1.165, 1.54) is 0 Å². The molecule has 0 aliphatic rings. The van der Waals surface area contributed by atoms with Gasteiger partial charge in [-0.05, 0) is 22.9 Å². The first-order valence-corrected chi connectivity index (χ1v) is 3.48. The van der Waals surface area contributed by atoms with Crippen LogP contribution in [-0.4, -0.2) is 4.98 Å². The van der Waals surface area contributed by atoms with Gasteiger partial charge < -0.3 is 5.73 Å². The maximum absolute atomic E-state index is 12.6. The van der Waals surface area contributed by atoms with Crippen molar-refractivity contribution in [2.45, 2.75) is 6.92 Å². The number of nitrogens with zero attached hydrogens (tertiary/aromatic N) is 1. The minimum Gasteiger partial charge on any atom is -0.396 e. The smallest absolute Gasteiger partial charge is 0.146 e. The summed E-state index contributed by atoms with van der Waals surface area (Å²) < 4.78 is 13.1. The van der Waals surface area contributed by atoms with Gasteiger partial charge in [0.15, 0.2) is 0 Å². The molecule has 0 saturated carbocycles. The van der Waals surface area contributed by atoms with E-state index in [1.54, 1.807) is 6.92 Å². The summed E-state index contributed by atoms with van der Waals surface area (Å²) in [5.74, 6) is -0.374. The van der Waals surface area contributed by atoms with Crippen molar-refractivity contribution in [3.05, 3.63) is 22.2 Å². The number of nitrogen functional groups attached to an aromatic ring is 1. The van der Waals surface area contributed by atoms with Crippen LogP contribution >= 0.6 is 15.9 Å². The molecule has 0 aromatic carbocycles. The van der Waals surface area contributed by atoms with Crippen LogP contribution in [0.1, 0.15) is 5.56 Å². The van der Waals surface area contributed by atoms with E-state index in [-0.39, 0.29) is 5.82 Å². The highest BCUT2D eigenvalue weighted by Gasteiger charge is 2.04. The van der Waals surface area contributed by atoms with Gasteiger partial charge in [-0.3, -0.25) is 0 Å². The minimum atomic E-state index is -0.374. The normalized spacial score (nSPS) is 9.90. The van der Waals surface area contributed by atoms with Crippen LogP contribution in [0.3, 0.4) is 0 Å². The van der Waals surface area contributed by atoms with Crippen LogP contribution in [0, 0.1) is 12.7 Å².